The van der Waals surface area contributed by atoms with Crippen LogP contribution in [0.4, 0.5) is 0 Å². The van der Waals surface area contributed by atoms with Gasteiger partial charge in [-0.2, -0.15) is 0 Å². The molecule has 0 N–H and O–H groups in total. The Balaban J connectivity index is 2.38. The molecule has 118 valence electrons. The molecule has 0 nitrogen and oxygen atoms in total. The molecule has 0 spiro atoms. The Labute approximate surface area is 144 Å². The molecule has 0 amide bonds. The molecule has 0 aliphatic rings. The van der Waals surface area contributed by atoms with Crippen molar-refractivity contribution in [2.45, 2.75) is 0 Å². The van der Waals surface area contributed by atoms with Crippen molar-refractivity contribution in [3.8, 4) is 0 Å². The third kappa shape index (κ3) is 7.77. The van der Waals surface area contributed by atoms with Gasteiger partial charge in [-0.05, 0) is 10.8 Å². The molecule has 0 aliphatic carbocycles. The van der Waals surface area contributed by atoms with Gasteiger partial charge < -0.3 is 0 Å². The van der Waals surface area contributed by atoms with Crippen molar-refractivity contribution in [3.63, 3.8) is 0 Å². The summed E-state index contributed by atoms with van der Waals surface area (Å²) < 4.78 is 0. The van der Waals surface area contributed by atoms with Gasteiger partial charge in [0, 0.05) is 0 Å². The lowest BCUT2D eigenvalue weighted by atomic mass is 10.2. The molecule has 0 fully saturated rings. The molecule has 0 heterocycles. The van der Waals surface area contributed by atoms with Gasteiger partial charge in [-0.15, -0.1) is 0 Å². The lowest BCUT2D eigenvalue weighted by Gasteiger charge is -1.87. The summed E-state index contributed by atoms with van der Waals surface area (Å²) in [5.41, 5.74) is 0. The highest BCUT2D eigenvalue weighted by molar-refractivity contribution is 5.62. The standard InChI is InChI=1S/C24H22/c1-2-4-6-8-10-12-14-16-18-24-21-19-23(20-22-24)17-15-13-11-9-7-5-3-1/h1-22H. The third-order valence-corrected chi connectivity index (χ3v) is 3.18. The van der Waals surface area contributed by atoms with Crippen LogP contribution in [0, 0.1) is 0 Å². The minimum absolute atomic E-state index is 1.19. The summed E-state index contributed by atoms with van der Waals surface area (Å²) in [5, 5.41) is 2.39. The van der Waals surface area contributed by atoms with Crippen LogP contribution in [0.15, 0.2) is 133 Å². The molecule has 0 unspecified atom stereocenters. The largest absolute Gasteiger partial charge is 0.0623 e. The average molecular weight is 310 g/mol. The van der Waals surface area contributed by atoms with Gasteiger partial charge in [-0.1, -0.05) is 133 Å². The number of rotatable bonds is 0. The van der Waals surface area contributed by atoms with E-state index in [2.05, 4.69) is 36.4 Å². The Morgan fingerprint density at radius 3 is 0.667 bits per heavy atom. The van der Waals surface area contributed by atoms with Gasteiger partial charge in [0.2, 0.25) is 0 Å². The second-order valence-electron chi connectivity index (χ2n) is 5.08. The molecular weight excluding hydrogens is 288 g/mol. The first kappa shape index (κ1) is 17.2. The van der Waals surface area contributed by atoms with Gasteiger partial charge in [0.15, 0.2) is 0 Å². The van der Waals surface area contributed by atoms with Crippen LogP contribution in [0.2, 0.25) is 0 Å². The Hall–Kier alpha value is -3.12. The maximum absolute atomic E-state index is 2.12. The van der Waals surface area contributed by atoms with Crippen LogP contribution < -0.4 is 0 Å². The van der Waals surface area contributed by atoms with Crippen LogP contribution in [-0.4, -0.2) is 0 Å². The molecule has 0 atom stereocenters. The van der Waals surface area contributed by atoms with E-state index in [0.29, 0.717) is 0 Å². The summed E-state index contributed by atoms with van der Waals surface area (Å²) in [5.74, 6) is 0. The van der Waals surface area contributed by atoms with Crippen LogP contribution >= 0.6 is 0 Å². The molecule has 0 aromatic heterocycles. The van der Waals surface area contributed by atoms with Gasteiger partial charge in [0.1, 0.15) is 0 Å². The SMILES string of the molecule is c1cccccccccc2ccc(cccccccc1)cc2. The van der Waals surface area contributed by atoms with E-state index in [1.807, 2.05) is 97.1 Å². The molecule has 0 saturated heterocycles. The van der Waals surface area contributed by atoms with Crippen LogP contribution in [0.1, 0.15) is 0 Å². The third-order valence-electron chi connectivity index (χ3n) is 3.18. The van der Waals surface area contributed by atoms with Gasteiger partial charge in [0.25, 0.3) is 0 Å². The van der Waals surface area contributed by atoms with Crippen LogP contribution in [-0.2, 0) is 0 Å². The fourth-order valence-corrected chi connectivity index (χ4v) is 1.95. The lowest BCUT2D eigenvalue weighted by molar-refractivity contribution is 1.73. The zero-order valence-corrected chi connectivity index (χ0v) is 13.7. The maximum atomic E-state index is 2.12. The second kappa shape index (κ2) is 11.4. The van der Waals surface area contributed by atoms with Crippen molar-refractivity contribution >= 4 is 10.8 Å². The van der Waals surface area contributed by atoms with Gasteiger partial charge in [-0.3, -0.25) is 0 Å². The summed E-state index contributed by atoms with van der Waals surface area (Å²) in [6.07, 6.45) is 0. The smallest absolute Gasteiger partial charge is 0.0256 e. The molecule has 3 aromatic rings. The van der Waals surface area contributed by atoms with Crippen LogP contribution in [0.5, 0.6) is 0 Å². The Morgan fingerprint density at radius 2 is 0.417 bits per heavy atom. The number of hydrogen-bond donors (Lipinski definition) is 0. The summed E-state index contributed by atoms with van der Waals surface area (Å²) in [6, 6.07) is 44.9. The maximum Gasteiger partial charge on any atom is -0.0256 e. The zero-order chi connectivity index (χ0) is 16.7. The van der Waals surface area contributed by atoms with Crippen molar-refractivity contribution < 1.29 is 0 Å². The van der Waals surface area contributed by atoms with Crippen molar-refractivity contribution in [2.75, 3.05) is 0 Å². The Morgan fingerprint density at radius 1 is 0.208 bits per heavy atom. The van der Waals surface area contributed by atoms with E-state index in [-0.39, 0.29) is 0 Å². The molecular formula is C24H22. The molecule has 24 heavy (non-hydrogen) atoms. The Kier molecular flexibility index (Phi) is 8.22. The minimum Gasteiger partial charge on any atom is -0.0623 e. The number of benzene rings is 1. The highest BCUT2D eigenvalue weighted by atomic mass is 13.8. The fraction of sp³-hybridized carbons (Fsp3) is 0. The summed E-state index contributed by atoms with van der Waals surface area (Å²) in [6.45, 7) is 0. The van der Waals surface area contributed by atoms with Crippen LogP contribution in [0.3, 0.4) is 0 Å². The van der Waals surface area contributed by atoms with E-state index in [1.54, 1.807) is 0 Å². The predicted octanol–water partition coefficient (Wildman–Crippen LogP) is 6.78. The first-order valence-corrected chi connectivity index (χ1v) is 8.07. The van der Waals surface area contributed by atoms with E-state index in [9.17, 15) is 0 Å². The topological polar surface area (TPSA) is 0 Å². The Bertz CT molecular complexity index is 728. The lowest BCUT2D eigenvalue weighted by Crippen LogP contribution is -1.62. The molecule has 3 rings (SSSR count). The van der Waals surface area contributed by atoms with E-state index >= 15 is 0 Å². The number of fused-ring (bicyclic) bond motifs is 19. The highest BCUT2D eigenvalue weighted by Gasteiger charge is 1.79. The average Bonchev–Trinajstić information content (AvgIpc) is 2.61. The molecule has 0 aliphatic heterocycles. The van der Waals surface area contributed by atoms with Crippen molar-refractivity contribution in [2.24, 2.45) is 0 Å². The quantitative estimate of drug-likeness (QED) is 0.503. The van der Waals surface area contributed by atoms with Crippen molar-refractivity contribution in [3.05, 3.63) is 133 Å². The summed E-state index contributed by atoms with van der Waals surface area (Å²) in [4.78, 5) is 0. The molecule has 0 heteroatoms. The summed E-state index contributed by atoms with van der Waals surface area (Å²) >= 11 is 0. The van der Waals surface area contributed by atoms with E-state index in [4.69, 9.17) is 0 Å². The summed E-state index contributed by atoms with van der Waals surface area (Å²) in [7, 11) is 0. The first-order chi connectivity index (χ1) is 11.9. The van der Waals surface area contributed by atoms with Gasteiger partial charge in [0.05, 0.1) is 0 Å². The van der Waals surface area contributed by atoms with E-state index in [0.717, 1.165) is 0 Å². The first-order valence-electron chi connectivity index (χ1n) is 8.07. The van der Waals surface area contributed by atoms with Gasteiger partial charge in [-0.25, -0.2) is 0 Å². The second-order valence-corrected chi connectivity index (χ2v) is 5.08. The highest BCUT2D eigenvalue weighted by Crippen LogP contribution is 2.04. The van der Waals surface area contributed by atoms with Crippen molar-refractivity contribution in [1.82, 2.24) is 0 Å². The minimum atomic E-state index is 1.19. The van der Waals surface area contributed by atoms with E-state index in [1.165, 1.54) is 10.8 Å². The molecule has 2 bridgehead atoms. The van der Waals surface area contributed by atoms with E-state index < -0.39 is 0 Å². The molecule has 0 saturated carbocycles. The van der Waals surface area contributed by atoms with Crippen molar-refractivity contribution in [1.29, 1.82) is 0 Å². The van der Waals surface area contributed by atoms with Gasteiger partial charge >= 0.3 is 0 Å². The fourth-order valence-electron chi connectivity index (χ4n) is 1.95. The monoisotopic (exact) mass is 310 g/mol. The number of hydrogen-bond acceptors (Lipinski definition) is 0. The zero-order valence-electron chi connectivity index (χ0n) is 13.7. The molecule has 0 radical (unpaired) electrons. The predicted molar refractivity (Wildman–Crippen MR) is 106 cm³/mol. The normalized spacial score (nSPS) is 8.83. The van der Waals surface area contributed by atoms with Crippen LogP contribution in [0.25, 0.3) is 10.8 Å². The molecule has 3 aromatic carbocycles.